The van der Waals surface area contributed by atoms with Gasteiger partial charge in [-0.25, -0.2) is 9.89 Å². The molecule has 13 heavy (non-hydrogen) atoms. The van der Waals surface area contributed by atoms with Crippen molar-refractivity contribution in [3.8, 4) is 12.3 Å². The first kappa shape index (κ1) is 9.06. The number of nitrogens with zero attached hydrogens (tertiary/aromatic N) is 1. The van der Waals surface area contributed by atoms with Gasteiger partial charge in [0.15, 0.2) is 0 Å². The zero-order valence-electron chi connectivity index (χ0n) is 6.92. The minimum absolute atomic E-state index is 0.00468. The van der Waals surface area contributed by atoms with Crippen molar-refractivity contribution in [1.29, 1.82) is 0 Å². The van der Waals surface area contributed by atoms with E-state index in [2.05, 4.69) is 21.4 Å². The fraction of sp³-hybridized carbons (Fsp3) is 0.286. The van der Waals surface area contributed by atoms with Crippen LogP contribution in [0.25, 0.3) is 0 Å². The van der Waals surface area contributed by atoms with E-state index in [1.165, 1.54) is 0 Å². The van der Waals surface area contributed by atoms with Gasteiger partial charge in [0.2, 0.25) is 5.82 Å². The Hall–Kier alpha value is -2.03. The van der Waals surface area contributed by atoms with Gasteiger partial charge in [0.25, 0.3) is 5.56 Å². The maximum atomic E-state index is 11.0. The molecule has 3 N–H and O–H groups in total. The molecule has 1 aromatic heterocycles. The van der Waals surface area contributed by atoms with Crippen molar-refractivity contribution in [3.63, 3.8) is 0 Å². The van der Waals surface area contributed by atoms with Crippen molar-refractivity contribution in [2.75, 3.05) is 5.32 Å². The number of H-pyrrole nitrogens is 2. The lowest BCUT2D eigenvalue weighted by Crippen LogP contribution is -2.29. The summed E-state index contributed by atoms with van der Waals surface area (Å²) in [6.07, 6.45) is 5.08. The highest BCUT2D eigenvalue weighted by atomic mass is 16.2. The molecule has 6 heteroatoms. The van der Waals surface area contributed by atoms with E-state index in [4.69, 9.17) is 6.42 Å². The van der Waals surface area contributed by atoms with Crippen molar-refractivity contribution >= 4 is 5.82 Å². The Bertz CT molecular complexity index is 439. The first-order chi connectivity index (χ1) is 6.13. The average Bonchev–Trinajstić information content (AvgIpc) is 2.09. The van der Waals surface area contributed by atoms with E-state index in [0.29, 0.717) is 0 Å². The minimum atomic E-state index is -0.649. The third-order valence-electron chi connectivity index (χ3n) is 1.31. The van der Waals surface area contributed by atoms with Gasteiger partial charge < -0.3 is 5.32 Å². The van der Waals surface area contributed by atoms with Crippen molar-refractivity contribution in [2.24, 2.45) is 0 Å². The molecule has 68 valence electrons. The van der Waals surface area contributed by atoms with Crippen molar-refractivity contribution in [2.45, 2.75) is 13.0 Å². The smallest absolute Gasteiger partial charge is 0.342 e. The molecule has 0 spiro atoms. The Morgan fingerprint density at radius 1 is 1.62 bits per heavy atom. The quantitative estimate of drug-likeness (QED) is 0.503. The van der Waals surface area contributed by atoms with Gasteiger partial charge in [-0.3, -0.25) is 9.78 Å². The zero-order valence-corrected chi connectivity index (χ0v) is 6.92. The molecule has 1 unspecified atom stereocenters. The lowest BCUT2D eigenvalue weighted by atomic mass is 10.3. The second-order valence-corrected chi connectivity index (χ2v) is 2.39. The molecule has 0 saturated carbocycles. The molecule has 0 aliphatic carbocycles. The summed E-state index contributed by atoms with van der Waals surface area (Å²) >= 11 is 0. The van der Waals surface area contributed by atoms with E-state index in [1.807, 2.05) is 4.98 Å². The van der Waals surface area contributed by atoms with Crippen LogP contribution in [0, 0.1) is 12.3 Å². The summed E-state index contributed by atoms with van der Waals surface area (Å²) in [5.41, 5.74) is -1.24. The molecule has 0 aliphatic heterocycles. The lowest BCUT2D eigenvalue weighted by Gasteiger charge is -2.04. The van der Waals surface area contributed by atoms with Gasteiger partial charge in [0.05, 0.1) is 6.04 Å². The average molecular weight is 180 g/mol. The van der Waals surface area contributed by atoms with Crippen LogP contribution >= 0.6 is 0 Å². The van der Waals surface area contributed by atoms with Gasteiger partial charge in [-0.1, -0.05) is 5.92 Å². The van der Waals surface area contributed by atoms with Gasteiger partial charge in [0.1, 0.15) is 0 Å². The number of nitrogens with one attached hydrogen (secondary N) is 3. The molecule has 0 amide bonds. The van der Waals surface area contributed by atoms with Crippen LogP contribution in [0.5, 0.6) is 0 Å². The molecular formula is C7H8N4O2. The van der Waals surface area contributed by atoms with E-state index in [1.54, 1.807) is 6.92 Å². The molecule has 1 rings (SSSR count). The second-order valence-electron chi connectivity index (χ2n) is 2.39. The van der Waals surface area contributed by atoms with E-state index < -0.39 is 11.2 Å². The Labute approximate surface area is 73.4 Å². The van der Waals surface area contributed by atoms with Gasteiger partial charge >= 0.3 is 5.69 Å². The largest absolute Gasteiger partial charge is 0.351 e. The zero-order chi connectivity index (χ0) is 9.84. The Kier molecular flexibility index (Phi) is 2.50. The third-order valence-corrected chi connectivity index (χ3v) is 1.31. The van der Waals surface area contributed by atoms with Crippen LogP contribution in [0.1, 0.15) is 6.92 Å². The topological polar surface area (TPSA) is 90.6 Å². The Morgan fingerprint density at radius 3 is 2.85 bits per heavy atom. The number of aromatic amines is 2. The highest BCUT2D eigenvalue weighted by molar-refractivity contribution is 5.32. The standard InChI is InChI=1S/C7H8N4O2/c1-3-4(2)8-5-6(12)9-7(13)11-10-5/h1,4H,2H3,(H,8,10)(H2,9,11,12,13). The molecule has 1 heterocycles. The summed E-state index contributed by atoms with van der Waals surface area (Å²) in [7, 11) is 0. The van der Waals surface area contributed by atoms with Crippen molar-refractivity contribution in [1.82, 2.24) is 15.2 Å². The number of hydrogen-bond acceptors (Lipinski definition) is 4. The fourth-order valence-electron chi connectivity index (χ4n) is 0.692. The van der Waals surface area contributed by atoms with Crippen LogP contribution in [0.4, 0.5) is 5.82 Å². The number of hydrogen-bond donors (Lipinski definition) is 3. The summed E-state index contributed by atoms with van der Waals surface area (Å²) in [4.78, 5) is 23.6. The lowest BCUT2D eigenvalue weighted by molar-refractivity contribution is 0.871. The van der Waals surface area contributed by atoms with Crippen LogP contribution in [0.3, 0.4) is 0 Å². The van der Waals surface area contributed by atoms with Gasteiger partial charge in [0, 0.05) is 0 Å². The first-order valence-corrected chi connectivity index (χ1v) is 3.55. The van der Waals surface area contributed by atoms with Gasteiger partial charge in [-0.2, -0.15) is 0 Å². The van der Waals surface area contributed by atoms with Crippen LogP contribution in [-0.2, 0) is 0 Å². The monoisotopic (exact) mass is 180 g/mol. The van der Waals surface area contributed by atoms with Crippen LogP contribution in [0.15, 0.2) is 9.59 Å². The highest BCUT2D eigenvalue weighted by Crippen LogP contribution is 1.90. The second kappa shape index (κ2) is 3.58. The Morgan fingerprint density at radius 2 is 2.31 bits per heavy atom. The summed E-state index contributed by atoms with van der Waals surface area (Å²) < 4.78 is 0. The molecule has 1 atom stereocenters. The summed E-state index contributed by atoms with van der Waals surface area (Å²) in [6, 6.07) is -0.320. The maximum Gasteiger partial charge on any atom is 0.342 e. The molecule has 0 radical (unpaired) electrons. The Balaban J connectivity index is 2.99. The highest BCUT2D eigenvalue weighted by Gasteiger charge is 2.03. The van der Waals surface area contributed by atoms with Crippen LogP contribution < -0.4 is 16.6 Å². The first-order valence-electron chi connectivity index (χ1n) is 3.55. The SMILES string of the molecule is C#CC(C)Nc1n[nH]c(=O)[nH]c1=O. The molecule has 6 nitrogen and oxygen atoms in total. The fourth-order valence-corrected chi connectivity index (χ4v) is 0.692. The summed E-state index contributed by atoms with van der Waals surface area (Å²) in [5.74, 6) is 2.36. The van der Waals surface area contributed by atoms with Crippen LogP contribution in [-0.4, -0.2) is 21.2 Å². The van der Waals surface area contributed by atoms with E-state index >= 15 is 0 Å². The molecule has 0 aromatic carbocycles. The third kappa shape index (κ3) is 2.20. The summed E-state index contributed by atoms with van der Waals surface area (Å²) in [6.45, 7) is 1.69. The maximum absolute atomic E-state index is 11.0. The molecule has 0 fully saturated rings. The molecular weight excluding hydrogens is 172 g/mol. The molecule has 1 aromatic rings. The van der Waals surface area contributed by atoms with Gasteiger partial charge in [-0.05, 0) is 6.92 Å². The van der Waals surface area contributed by atoms with Crippen molar-refractivity contribution in [3.05, 3.63) is 20.8 Å². The van der Waals surface area contributed by atoms with Crippen molar-refractivity contribution < 1.29 is 0 Å². The predicted molar refractivity (Wildman–Crippen MR) is 47.4 cm³/mol. The van der Waals surface area contributed by atoms with E-state index in [0.717, 1.165) is 0 Å². The van der Waals surface area contributed by atoms with Gasteiger partial charge in [-0.15, -0.1) is 11.5 Å². The normalized spacial score (nSPS) is 11.7. The number of rotatable bonds is 2. The van der Waals surface area contributed by atoms with E-state index in [-0.39, 0.29) is 11.9 Å². The number of aromatic nitrogens is 3. The molecule has 0 saturated heterocycles. The number of terminal acetylenes is 1. The predicted octanol–water partition coefficient (Wildman–Crippen LogP) is -1.11. The molecule has 0 aliphatic rings. The van der Waals surface area contributed by atoms with E-state index in [9.17, 15) is 9.59 Å². The minimum Gasteiger partial charge on any atom is -0.351 e. The summed E-state index contributed by atoms with van der Waals surface area (Å²) in [5, 5.41) is 8.18. The van der Waals surface area contributed by atoms with Crippen LogP contribution in [0.2, 0.25) is 0 Å². The number of anilines is 1. The molecule has 0 bridgehead atoms.